The van der Waals surface area contributed by atoms with Gasteiger partial charge in [0.15, 0.2) is 11.5 Å². The normalized spacial score (nSPS) is 11.4. The summed E-state index contributed by atoms with van der Waals surface area (Å²) in [5.74, 6) is 0.805. The van der Waals surface area contributed by atoms with Crippen molar-refractivity contribution in [3.63, 3.8) is 0 Å². The summed E-state index contributed by atoms with van der Waals surface area (Å²) in [6.07, 6.45) is 5.14. The third kappa shape index (κ3) is 2.52. The second kappa shape index (κ2) is 5.39. The molecular formula is C17H16N6. The van der Waals surface area contributed by atoms with Crippen LogP contribution in [0.4, 0.5) is 0 Å². The van der Waals surface area contributed by atoms with Crippen LogP contribution in [0.15, 0.2) is 36.7 Å². The number of rotatable bonds is 3. The fourth-order valence-corrected chi connectivity index (χ4v) is 2.60. The largest absolute Gasteiger partial charge is 0.256 e. The molecule has 0 spiro atoms. The van der Waals surface area contributed by atoms with Crippen LogP contribution >= 0.6 is 0 Å². The Hall–Kier alpha value is -2.89. The van der Waals surface area contributed by atoms with Crippen molar-refractivity contribution >= 4 is 16.7 Å². The second-order valence-electron chi connectivity index (χ2n) is 5.60. The molecule has 0 atom stereocenters. The summed E-state index contributed by atoms with van der Waals surface area (Å²) in [7, 11) is 0. The van der Waals surface area contributed by atoms with Gasteiger partial charge in [0.1, 0.15) is 0 Å². The molecule has 0 aliphatic heterocycles. The van der Waals surface area contributed by atoms with Crippen LogP contribution < -0.4 is 0 Å². The Morgan fingerprint density at radius 1 is 0.913 bits per heavy atom. The Morgan fingerprint density at radius 2 is 1.74 bits per heavy atom. The maximum absolute atomic E-state index is 4.64. The summed E-state index contributed by atoms with van der Waals surface area (Å²) in [6, 6.07) is 7.89. The van der Waals surface area contributed by atoms with Crippen molar-refractivity contribution in [1.82, 2.24) is 29.5 Å². The fourth-order valence-electron chi connectivity index (χ4n) is 2.60. The van der Waals surface area contributed by atoms with E-state index in [1.165, 1.54) is 0 Å². The van der Waals surface area contributed by atoms with Crippen molar-refractivity contribution < 1.29 is 0 Å². The molecule has 0 saturated carbocycles. The van der Waals surface area contributed by atoms with Crippen LogP contribution in [0.2, 0.25) is 0 Å². The number of benzene rings is 1. The molecule has 3 heterocycles. The van der Waals surface area contributed by atoms with Gasteiger partial charge in [-0.15, -0.1) is 0 Å². The van der Waals surface area contributed by atoms with E-state index in [1.807, 2.05) is 55.0 Å². The standard InChI is InChI=1S/C17H16N6/c1-11-9-18-12(2)17-21-16(22-23(11)17)8-7-13-10-19-14-5-3-4-6-15(14)20-13/h3-6,9-10H,7-8H2,1-2H3. The van der Waals surface area contributed by atoms with Crippen molar-refractivity contribution in [2.45, 2.75) is 26.7 Å². The highest BCUT2D eigenvalue weighted by atomic mass is 15.3. The lowest BCUT2D eigenvalue weighted by molar-refractivity contribution is 0.806. The van der Waals surface area contributed by atoms with Crippen LogP contribution in [-0.2, 0) is 12.8 Å². The molecule has 0 saturated heterocycles. The number of para-hydroxylation sites is 2. The lowest BCUT2D eigenvalue weighted by Gasteiger charge is -2.00. The predicted octanol–water partition coefficient (Wildman–Crippen LogP) is 2.47. The van der Waals surface area contributed by atoms with Gasteiger partial charge in [-0.1, -0.05) is 12.1 Å². The first-order valence-electron chi connectivity index (χ1n) is 7.59. The summed E-state index contributed by atoms with van der Waals surface area (Å²) in [4.78, 5) is 18.0. The van der Waals surface area contributed by atoms with E-state index in [4.69, 9.17) is 0 Å². The smallest absolute Gasteiger partial charge is 0.177 e. The molecule has 0 aliphatic carbocycles. The molecule has 1 aromatic carbocycles. The van der Waals surface area contributed by atoms with Crippen molar-refractivity contribution in [2.24, 2.45) is 0 Å². The Kier molecular flexibility index (Phi) is 3.22. The number of hydrogen-bond acceptors (Lipinski definition) is 5. The van der Waals surface area contributed by atoms with Gasteiger partial charge in [-0.3, -0.25) is 9.97 Å². The van der Waals surface area contributed by atoms with Gasteiger partial charge in [-0.05, 0) is 32.4 Å². The van der Waals surface area contributed by atoms with Gasteiger partial charge in [0.2, 0.25) is 0 Å². The SMILES string of the molecule is Cc1ncc(C)n2nc(CCc3cnc4ccccc4n3)nc12. The molecular weight excluding hydrogens is 288 g/mol. The lowest BCUT2D eigenvalue weighted by atomic mass is 10.2. The van der Waals surface area contributed by atoms with Gasteiger partial charge in [0, 0.05) is 18.8 Å². The minimum Gasteiger partial charge on any atom is -0.256 e. The van der Waals surface area contributed by atoms with E-state index in [-0.39, 0.29) is 0 Å². The Bertz CT molecular complexity index is 965. The molecule has 0 N–H and O–H groups in total. The predicted molar refractivity (Wildman–Crippen MR) is 87.2 cm³/mol. The highest BCUT2D eigenvalue weighted by Gasteiger charge is 2.09. The van der Waals surface area contributed by atoms with Gasteiger partial charge < -0.3 is 0 Å². The average Bonchev–Trinajstić information content (AvgIpc) is 3.02. The minimum atomic E-state index is 0.730. The lowest BCUT2D eigenvalue weighted by Crippen LogP contribution is -1.99. The van der Waals surface area contributed by atoms with Gasteiger partial charge >= 0.3 is 0 Å². The van der Waals surface area contributed by atoms with E-state index < -0.39 is 0 Å². The van der Waals surface area contributed by atoms with Crippen LogP contribution in [0.25, 0.3) is 16.7 Å². The number of aryl methyl sites for hydroxylation is 4. The summed E-state index contributed by atoms with van der Waals surface area (Å²) >= 11 is 0. The van der Waals surface area contributed by atoms with Crippen LogP contribution in [0, 0.1) is 13.8 Å². The first-order chi connectivity index (χ1) is 11.2. The van der Waals surface area contributed by atoms with E-state index in [1.54, 1.807) is 0 Å². The molecule has 4 aromatic rings. The van der Waals surface area contributed by atoms with E-state index in [0.717, 1.165) is 52.4 Å². The van der Waals surface area contributed by atoms with Crippen molar-refractivity contribution in [2.75, 3.05) is 0 Å². The van der Waals surface area contributed by atoms with E-state index >= 15 is 0 Å². The molecule has 0 aliphatic rings. The average molecular weight is 304 g/mol. The molecule has 23 heavy (non-hydrogen) atoms. The first kappa shape index (κ1) is 13.8. The third-order valence-corrected chi connectivity index (χ3v) is 3.86. The zero-order valence-corrected chi connectivity index (χ0v) is 13.1. The quantitative estimate of drug-likeness (QED) is 0.581. The molecule has 114 valence electrons. The topological polar surface area (TPSA) is 68.9 Å². The summed E-state index contributed by atoms with van der Waals surface area (Å²) in [5.41, 5.74) is 5.48. The highest BCUT2D eigenvalue weighted by Crippen LogP contribution is 2.12. The summed E-state index contributed by atoms with van der Waals surface area (Å²) in [6.45, 7) is 3.93. The Morgan fingerprint density at radius 3 is 2.57 bits per heavy atom. The van der Waals surface area contributed by atoms with Gasteiger partial charge in [0.05, 0.1) is 28.1 Å². The fraction of sp³-hybridized carbons (Fsp3) is 0.235. The van der Waals surface area contributed by atoms with E-state index in [2.05, 4.69) is 25.0 Å². The number of hydrogen-bond donors (Lipinski definition) is 0. The maximum atomic E-state index is 4.64. The van der Waals surface area contributed by atoms with Gasteiger partial charge in [-0.25, -0.2) is 14.5 Å². The van der Waals surface area contributed by atoms with Crippen molar-refractivity contribution in [1.29, 1.82) is 0 Å². The van der Waals surface area contributed by atoms with Gasteiger partial charge in [-0.2, -0.15) is 5.10 Å². The number of aromatic nitrogens is 6. The minimum absolute atomic E-state index is 0.730. The molecule has 6 heteroatoms. The van der Waals surface area contributed by atoms with Gasteiger partial charge in [0.25, 0.3) is 0 Å². The zero-order chi connectivity index (χ0) is 15.8. The summed E-state index contributed by atoms with van der Waals surface area (Å²) < 4.78 is 1.85. The van der Waals surface area contributed by atoms with Crippen molar-refractivity contribution in [3.05, 3.63) is 59.6 Å². The molecule has 0 fully saturated rings. The van der Waals surface area contributed by atoms with Crippen LogP contribution in [0.5, 0.6) is 0 Å². The molecule has 0 radical (unpaired) electrons. The zero-order valence-electron chi connectivity index (χ0n) is 13.1. The van der Waals surface area contributed by atoms with E-state index in [9.17, 15) is 0 Å². The molecule has 0 bridgehead atoms. The Balaban J connectivity index is 1.60. The second-order valence-corrected chi connectivity index (χ2v) is 5.60. The number of nitrogens with zero attached hydrogens (tertiary/aromatic N) is 6. The number of fused-ring (bicyclic) bond motifs is 2. The van der Waals surface area contributed by atoms with Crippen molar-refractivity contribution in [3.8, 4) is 0 Å². The van der Waals surface area contributed by atoms with Crippen LogP contribution in [0.1, 0.15) is 22.9 Å². The molecule has 3 aromatic heterocycles. The van der Waals surface area contributed by atoms with E-state index in [0.29, 0.717) is 0 Å². The monoisotopic (exact) mass is 304 g/mol. The molecule has 6 nitrogen and oxygen atoms in total. The van der Waals surface area contributed by atoms with Crippen LogP contribution in [-0.4, -0.2) is 29.5 Å². The Labute approximate surface area is 133 Å². The highest BCUT2D eigenvalue weighted by molar-refractivity contribution is 5.73. The third-order valence-electron chi connectivity index (χ3n) is 3.86. The molecule has 0 unspecified atom stereocenters. The first-order valence-corrected chi connectivity index (χ1v) is 7.59. The summed E-state index contributed by atoms with van der Waals surface area (Å²) in [5, 5.41) is 4.57. The van der Waals surface area contributed by atoms with Crippen LogP contribution in [0.3, 0.4) is 0 Å². The molecule has 0 amide bonds. The molecule has 4 rings (SSSR count). The maximum Gasteiger partial charge on any atom is 0.177 e.